The largest absolute Gasteiger partial charge is 0.465 e. The van der Waals surface area contributed by atoms with Crippen molar-refractivity contribution in [2.24, 2.45) is 0 Å². The Morgan fingerprint density at radius 2 is 1.96 bits per heavy atom. The number of para-hydroxylation sites is 2. The number of aryl methyl sites for hydroxylation is 2. The Labute approximate surface area is 140 Å². The van der Waals surface area contributed by atoms with Gasteiger partial charge in [0.1, 0.15) is 22.0 Å². The summed E-state index contributed by atoms with van der Waals surface area (Å²) in [6.45, 7) is 3.80. The molecule has 7 nitrogen and oxygen atoms in total. The van der Waals surface area contributed by atoms with Gasteiger partial charge in [-0.3, -0.25) is 4.31 Å². The van der Waals surface area contributed by atoms with Crippen LogP contribution in [0.25, 0.3) is 0 Å². The number of carbonyl (C=O) groups excluding carboxylic acids is 1. The van der Waals surface area contributed by atoms with Crippen LogP contribution in [0.15, 0.2) is 33.6 Å². The Balaban J connectivity index is 2.19. The highest BCUT2D eigenvalue weighted by Gasteiger charge is 2.37. The number of fused-ring (bicyclic) bond motifs is 1. The molecule has 0 saturated carbocycles. The highest BCUT2D eigenvalue weighted by atomic mass is 32.2. The molecule has 1 N–H and O–H groups in total. The molecule has 0 spiro atoms. The summed E-state index contributed by atoms with van der Waals surface area (Å²) in [5.74, 6) is -0.336. The monoisotopic (exact) mass is 350 g/mol. The average Bonchev–Trinajstić information content (AvgIpc) is 2.88. The predicted molar refractivity (Wildman–Crippen MR) is 89.0 cm³/mol. The third-order valence-corrected chi connectivity index (χ3v) is 5.91. The van der Waals surface area contributed by atoms with Gasteiger partial charge < -0.3 is 14.5 Å². The standard InChI is InChI=1S/C16H18N2O5S/c1-10-14(16(19)22-3)15(11(2)23-10)24(20,21)18-9-8-17-12-6-4-5-7-13(12)18/h4-7,17H,8-9H2,1-3H3. The lowest BCUT2D eigenvalue weighted by molar-refractivity contribution is 0.0595. The molecule has 0 fully saturated rings. The number of rotatable bonds is 3. The van der Waals surface area contributed by atoms with E-state index in [0.29, 0.717) is 12.2 Å². The van der Waals surface area contributed by atoms with Gasteiger partial charge in [0.25, 0.3) is 10.0 Å². The van der Waals surface area contributed by atoms with Gasteiger partial charge in [-0.05, 0) is 26.0 Å². The van der Waals surface area contributed by atoms with Crippen molar-refractivity contribution in [3.8, 4) is 0 Å². The minimum absolute atomic E-state index is 0.0500. The van der Waals surface area contributed by atoms with Gasteiger partial charge in [-0.2, -0.15) is 0 Å². The number of ether oxygens (including phenoxy) is 1. The third-order valence-electron chi connectivity index (χ3n) is 3.95. The molecule has 2 aromatic rings. The van der Waals surface area contributed by atoms with Crippen LogP contribution in [0.5, 0.6) is 0 Å². The molecule has 1 aliphatic rings. The summed E-state index contributed by atoms with van der Waals surface area (Å²) >= 11 is 0. The maximum absolute atomic E-state index is 13.3. The van der Waals surface area contributed by atoms with Gasteiger partial charge in [0, 0.05) is 6.54 Å². The highest BCUT2D eigenvalue weighted by Crippen LogP contribution is 2.36. The number of carbonyl (C=O) groups is 1. The fourth-order valence-corrected chi connectivity index (χ4v) is 4.79. The Hall–Kier alpha value is -2.48. The molecule has 0 bridgehead atoms. The van der Waals surface area contributed by atoms with Crippen LogP contribution in [-0.4, -0.2) is 34.6 Å². The first kappa shape index (κ1) is 16.4. The van der Waals surface area contributed by atoms with E-state index in [-0.39, 0.29) is 28.5 Å². The Morgan fingerprint density at radius 1 is 1.25 bits per heavy atom. The minimum Gasteiger partial charge on any atom is -0.465 e. The summed E-state index contributed by atoms with van der Waals surface area (Å²) in [6.07, 6.45) is 0. The van der Waals surface area contributed by atoms with E-state index in [2.05, 4.69) is 5.32 Å². The number of hydrogen-bond acceptors (Lipinski definition) is 6. The molecule has 24 heavy (non-hydrogen) atoms. The van der Waals surface area contributed by atoms with E-state index in [1.807, 2.05) is 12.1 Å². The van der Waals surface area contributed by atoms with E-state index >= 15 is 0 Å². The molecule has 0 unspecified atom stereocenters. The summed E-state index contributed by atoms with van der Waals surface area (Å²) in [6, 6.07) is 7.13. The predicted octanol–water partition coefficient (Wildman–Crippen LogP) is 2.30. The molecule has 1 aromatic heterocycles. The van der Waals surface area contributed by atoms with E-state index < -0.39 is 16.0 Å². The van der Waals surface area contributed by atoms with Gasteiger partial charge in [-0.15, -0.1) is 0 Å². The molecule has 1 aliphatic heterocycles. The fourth-order valence-electron chi connectivity index (χ4n) is 2.93. The number of anilines is 2. The van der Waals surface area contributed by atoms with Crippen LogP contribution in [0.3, 0.4) is 0 Å². The van der Waals surface area contributed by atoms with Crippen molar-refractivity contribution < 1.29 is 22.4 Å². The van der Waals surface area contributed by atoms with E-state index in [1.165, 1.54) is 18.3 Å². The number of hydrogen-bond donors (Lipinski definition) is 1. The molecule has 3 rings (SSSR count). The summed E-state index contributed by atoms with van der Waals surface area (Å²) < 4.78 is 37.9. The topological polar surface area (TPSA) is 88.8 Å². The maximum atomic E-state index is 13.3. The lowest BCUT2D eigenvalue weighted by Gasteiger charge is -2.31. The normalized spacial score (nSPS) is 14.0. The van der Waals surface area contributed by atoms with Crippen molar-refractivity contribution in [1.82, 2.24) is 0 Å². The quantitative estimate of drug-likeness (QED) is 0.855. The van der Waals surface area contributed by atoms with E-state index in [0.717, 1.165) is 5.69 Å². The number of sulfonamides is 1. The van der Waals surface area contributed by atoms with Crippen LogP contribution >= 0.6 is 0 Å². The van der Waals surface area contributed by atoms with E-state index in [9.17, 15) is 13.2 Å². The number of nitrogens with zero attached hydrogens (tertiary/aromatic N) is 1. The molecular weight excluding hydrogens is 332 g/mol. The first-order chi connectivity index (χ1) is 11.4. The SMILES string of the molecule is COC(=O)c1c(C)oc(C)c1S(=O)(=O)N1CCNc2ccccc21. The summed E-state index contributed by atoms with van der Waals surface area (Å²) in [4.78, 5) is 11.9. The zero-order chi connectivity index (χ0) is 17.5. The number of methoxy groups -OCH3 is 1. The summed E-state index contributed by atoms with van der Waals surface area (Å²) in [7, 11) is -2.76. The zero-order valence-electron chi connectivity index (χ0n) is 13.6. The van der Waals surface area contributed by atoms with Gasteiger partial charge in [-0.1, -0.05) is 12.1 Å². The molecule has 0 aliphatic carbocycles. The zero-order valence-corrected chi connectivity index (χ0v) is 14.4. The maximum Gasteiger partial charge on any atom is 0.342 e. The summed E-state index contributed by atoms with van der Waals surface area (Å²) in [5, 5.41) is 3.16. The number of esters is 1. The molecule has 0 atom stereocenters. The average molecular weight is 350 g/mol. The Bertz CT molecular complexity index is 901. The van der Waals surface area contributed by atoms with Crippen molar-refractivity contribution in [3.05, 3.63) is 41.3 Å². The molecule has 1 aromatic carbocycles. The van der Waals surface area contributed by atoms with Gasteiger partial charge in [-0.25, -0.2) is 13.2 Å². The van der Waals surface area contributed by atoms with Crippen LogP contribution in [-0.2, 0) is 14.8 Å². The van der Waals surface area contributed by atoms with Gasteiger partial charge in [0.15, 0.2) is 0 Å². The molecule has 2 heterocycles. The van der Waals surface area contributed by atoms with Crippen molar-refractivity contribution in [2.45, 2.75) is 18.7 Å². The second kappa shape index (κ2) is 5.86. The molecule has 0 amide bonds. The lowest BCUT2D eigenvalue weighted by atomic mass is 10.2. The van der Waals surface area contributed by atoms with E-state index in [4.69, 9.17) is 9.15 Å². The van der Waals surface area contributed by atoms with Gasteiger partial charge >= 0.3 is 5.97 Å². The molecule has 0 radical (unpaired) electrons. The second-order valence-electron chi connectivity index (χ2n) is 5.43. The number of nitrogens with one attached hydrogen (secondary N) is 1. The van der Waals surface area contributed by atoms with Crippen molar-refractivity contribution in [1.29, 1.82) is 0 Å². The van der Waals surface area contributed by atoms with Crippen molar-refractivity contribution in [3.63, 3.8) is 0 Å². The van der Waals surface area contributed by atoms with E-state index in [1.54, 1.807) is 19.1 Å². The summed E-state index contributed by atoms with van der Waals surface area (Å²) in [5.41, 5.74) is 1.22. The Morgan fingerprint density at radius 3 is 2.67 bits per heavy atom. The number of furan rings is 1. The molecule has 0 saturated heterocycles. The number of benzene rings is 1. The Kier molecular flexibility index (Phi) is 4.00. The first-order valence-electron chi connectivity index (χ1n) is 7.42. The third kappa shape index (κ3) is 2.43. The van der Waals surface area contributed by atoms with Crippen LogP contribution in [0.4, 0.5) is 11.4 Å². The van der Waals surface area contributed by atoms with Crippen LogP contribution in [0, 0.1) is 13.8 Å². The lowest BCUT2D eigenvalue weighted by Crippen LogP contribution is -2.39. The fraction of sp³-hybridized carbons (Fsp3) is 0.312. The van der Waals surface area contributed by atoms with Crippen LogP contribution in [0.2, 0.25) is 0 Å². The smallest absolute Gasteiger partial charge is 0.342 e. The van der Waals surface area contributed by atoms with Gasteiger partial charge in [0.2, 0.25) is 0 Å². The second-order valence-corrected chi connectivity index (χ2v) is 7.23. The highest BCUT2D eigenvalue weighted by molar-refractivity contribution is 7.93. The van der Waals surface area contributed by atoms with Crippen LogP contribution in [0.1, 0.15) is 21.9 Å². The minimum atomic E-state index is -3.97. The first-order valence-corrected chi connectivity index (χ1v) is 8.86. The van der Waals surface area contributed by atoms with Crippen molar-refractivity contribution in [2.75, 3.05) is 29.8 Å². The van der Waals surface area contributed by atoms with Gasteiger partial charge in [0.05, 0.1) is 25.0 Å². The molecule has 8 heteroatoms. The van der Waals surface area contributed by atoms with Crippen LogP contribution < -0.4 is 9.62 Å². The molecular formula is C16H18N2O5S. The van der Waals surface area contributed by atoms with Crippen molar-refractivity contribution >= 4 is 27.4 Å². The molecule has 128 valence electrons.